The van der Waals surface area contributed by atoms with E-state index < -0.39 is 7.00 Å². The molecule has 1 atom stereocenters. The van der Waals surface area contributed by atoms with Gasteiger partial charge in [-0.05, 0) is 17.4 Å². The molecule has 0 radical (unpaired) electrons. The molecule has 0 saturated heterocycles. The molecule has 1 unspecified atom stereocenters. The fourth-order valence-electron chi connectivity index (χ4n) is 1.87. The van der Waals surface area contributed by atoms with Gasteiger partial charge in [-0.2, -0.15) is 0 Å². The lowest BCUT2D eigenvalue weighted by Gasteiger charge is -2.16. The fourth-order valence-corrected chi connectivity index (χ4v) is 4.56. The van der Waals surface area contributed by atoms with Crippen LogP contribution in [0.2, 0.25) is 0 Å². The van der Waals surface area contributed by atoms with Gasteiger partial charge in [0.15, 0.2) is 0 Å². The zero-order chi connectivity index (χ0) is 12.1. The number of benzene rings is 2. The van der Waals surface area contributed by atoms with Gasteiger partial charge in [0.1, 0.15) is 7.00 Å². The quantitative estimate of drug-likeness (QED) is 0.748. The molecule has 0 fully saturated rings. The Morgan fingerprint density at radius 2 is 1.29 bits per heavy atom. The van der Waals surface area contributed by atoms with Crippen LogP contribution in [-0.4, -0.2) is 6.26 Å². The van der Waals surface area contributed by atoms with Crippen LogP contribution in [-0.2, 0) is 4.57 Å². The molecule has 0 heterocycles. The van der Waals surface area contributed by atoms with Gasteiger partial charge in [0, 0.05) is 0 Å². The molecule has 3 heteroatoms. The van der Waals surface area contributed by atoms with E-state index in [0.29, 0.717) is 0 Å². The fraction of sp³-hybridized carbons (Fsp3) is 0.143. The molecular weight excluding hydrogens is 247 g/mol. The van der Waals surface area contributed by atoms with Crippen LogP contribution in [0.5, 0.6) is 0 Å². The van der Waals surface area contributed by atoms with Gasteiger partial charge in [-0.25, -0.2) is 0 Å². The van der Waals surface area contributed by atoms with E-state index in [2.05, 4.69) is 24.3 Å². The molecule has 17 heavy (non-hydrogen) atoms. The van der Waals surface area contributed by atoms with Gasteiger partial charge in [-0.3, -0.25) is 0 Å². The average molecular weight is 262 g/mol. The third-order valence-corrected chi connectivity index (χ3v) is 6.16. The van der Waals surface area contributed by atoms with Crippen LogP contribution in [0.3, 0.4) is 0 Å². The van der Waals surface area contributed by atoms with E-state index in [1.807, 2.05) is 42.7 Å². The Morgan fingerprint density at radius 1 is 0.882 bits per heavy atom. The Morgan fingerprint density at radius 3 is 1.65 bits per heavy atom. The number of hydrogen-bond donors (Lipinski definition) is 0. The number of hydrogen-bond acceptors (Lipinski definition) is 2. The second-order valence-electron chi connectivity index (χ2n) is 3.78. The van der Waals surface area contributed by atoms with Gasteiger partial charge >= 0.3 is 0 Å². The summed E-state index contributed by atoms with van der Waals surface area (Å²) in [5, 5.41) is 0. The van der Waals surface area contributed by atoms with Gasteiger partial charge in [-0.1, -0.05) is 60.7 Å². The molecular formula is C14H15OPS. The molecule has 88 valence electrons. The van der Waals surface area contributed by atoms with Crippen molar-refractivity contribution in [1.29, 1.82) is 0 Å². The van der Waals surface area contributed by atoms with Crippen LogP contribution >= 0.6 is 18.4 Å². The van der Waals surface area contributed by atoms with E-state index in [1.54, 1.807) is 0 Å². The maximum Gasteiger partial charge on any atom is 0.138 e. The molecule has 0 spiro atoms. The van der Waals surface area contributed by atoms with E-state index in [4.69, 9.17) is 0 Å². The molecule has 0 N–H and O–H groups in total. The first-order chi connectivity index (χ1) is 8.33. The summed E-state index contributed by atoms with van der Waals surface area (Å²) in [7, 11) is -1.71. The number of rotatable bonds is 4. The molecule has 2 aromatic rings. The van der Waals surface area contributed by atoms with E-state index in [9.17, 15) is 4.57 Å². The van der Waals surface area contributed by atoms with Crippen LogP contribution in [0.4, 0.5) is 0 Å². The summed E-state index contributed by atoms with van der Waals surface area (Å²) in [5.74, 6) is 0. The van der Waals surface area contributed by atoms with Crippen molar-refractivity contribution in [2.75, 3.05) is 6.26 Å². The molecule has 0 bridgehead atoms. The van der Waals surface area contributed by atoms with Crippen molar-refractivity contribution in [3.8, 4) is 0 Å². The maximum atomic E-state index is 12.3. The van der Waals surface area contributed by atoms with E-state index >= 15 is 0 Å². The summed E-state index contributed by atoms with van der Waals surface area (Å²) in [6, 6.07) is 20.2. The van der Waals surface area contributed by atoms with Crippen LogP contribution in [0.1, 0.15) is 16.8 Å². The Kier molecular flexibility index (Phi) is 4.47. The van der Waals surface area contributed by atoms with Gasteiger partial charge < -0.3 is 4.57 Å². The van der Waals surface area contributed by atoms with Crippen molar-refractivity contribution in [3.05, 3.63) is 71.8 Å². The molecule has 2 aromatic carbocycles. The molecule has 0 aliphatic heterocycles. The molecule has 2 rings (SSSR count). The Labute approximate surface area is 107 Å². The zero-order valence-electron chi connectivity index (χ0n) is 9.67. The third kappa shape index (κ3) is 3.02. The van der Waals surface area contributed by atoms with Crippen LogP contribution in [0.25, 0.3) is 0 Å². The molecule has 0 aliphatic rings. The van der Waals surface area contributed by atoms with E-state index in [0.717, 1.165) is 11.1 Å². The second-order valence-corrected chi connectivity index (χ2v) is 7.83. The predicted molar refractivity (Wildman–Crippen MR) is 77.2 cm³/mol. The summed E-state index contributed by atoms with van der Waals surface area (Å²) >= 11 is 1.47. The first-order valence-electron chi connectivity index (χ1n) is 5.50. The average Bonchev–Trinajstić information content (AvgIpc) is 2.41. The highest BCUT2D eigenvalue weighted by molar-refractivity contribution is 8.51. The Hall–Kier alpha value is -0.980. The highest BCUT2D eigenvalue weighted by Crippen LogP contribution is 2.53. The lowest BCUT2D eigenvalue weighted by atomic mass is 10.0. The molecule has 0 saturated carbocycles. The largest absolute Gasteiger partial charge is 0.314 e. The first kappa shape index (κ1) is 12.5. The van der Waals surface area contributed by atoms with Crippen LogP contribution in [0.15, 0.2) is 60.7 Å². The highest BCUT2D eigenvalue weighted by atomic mass is 32.7. The second kappa shape index (κ2) is 6.09. The van der Waals surface area contributed by atoms with Gasteiger partial charge in [0.25, 0.3) is 0 Å². The summed E-state index contributed by atoms with van der Waals surface area (Å²) in [5.41, 5.74) is 2.30. The molecule has 1 nitrogen and oxygen atoms in total. The predicted octanol–water partition coefficient (Wildman–Crippen LogP) is 4.61. The topological polar surface area (TPSA) is 17.1 Å². The van der Waals surface area contributed by atoms with Crippen LogP contribution in [0, 0.1) is 0 Å². The smallest absolute Gasteiger partial charge is 0.138 e. The SMILES string of the molecule is CS[PH](=O)C(c1ccccc1)c1ccccc1. The van der Waals surface area contributed by atoms with Crippen molar-refractivity contribution in [1.82, 2.24) is 0 Å². The third-order valence-electron chi connectivity index (χ3n) is 2.70. The van der Waals surface area contributed by atoms with E-state index in [1.165, 1.54) is 11.4 Å². The Balaban J connectivity index is 2.43. The van der Waals surface area contributed by atoms with Crippen molar-refractivity contribution < 1.29 is 4.57 Å². The molecule has 0 amide bonds. The lowest BCUT2D eigenvalue weighted by molar-refractivity contribution is 0.592. The summed E-state index contributed by atoms with van der Waals surface area (Å²) in [6.07, 6.45) is 1.92. The minimum atomic E-state index is -1.71. The highest BCUT2D eigenvalue weighted by Gasteiger charge is 2.19. The van der Waals surface area contributed by atoms with Gasteiger partial charge in [0.2, 0.25) is 0 Å². The van der Waals surface area contributed by atoms with Crippen molar-refractivity contribution in [2.24, 2.45) is 0 Å². The normalized spacial score (nSPS) is 12.6. The maximum absolute atomic E-state index is 12.3. The van der Waals surface area contributed by atoms with Gasteiger partial charge in [0.05, 0.1) is 5.66 Å². The van der Waals surface area contributed by atoms with Crippen molar-refractivity contribution >= 4 is 18.4 Å². The lowest BCUT2D eigenvalue weighted by Crippen LogP contribution is -1.94. The van der Waals surface area contributed by atoms with Crippen molar-refractivity contribution in [2.45, 2.75) is 5.66 Å². The van der Waals surface area contributed by atoms with Crippen LogP contribution < -0.4 is 0 Å². The molecule has 0 aliphatic carbocycles. The van der Waals surface area contributed by atoms with Gasteiger partial charge in [-0.15, -0.1) is 11.4 Å². The summed E-state index contributed by atoms with van der Waals surface area (Å²) in [4.78, 5) is 0. The zero-order valence-corrected chi connectivity index (χ0v) is 11.5. The Bertz CT molecular complexity index is 445. The monoisotopic (exact) mass is 262 g/mol. The van der Waals surface area contributed by atoms with Crippen molar-refractivity contribution in [3.63, 3.8) is 0 Å². The molecule has 0 aromatic heterocycles. The minimum absolute atomic E-state index is 0.0254. The van der Waals surface area contributed by atoms with E-state index in [-0.39, 0.29) is 5.66 Å². The summed E-state index contributed by atoms with van der Waals surface area (Å²) in [6.45, 7) is 0. The summed E-state index contributed by atoms with van der Waals surface area (Å²) < 4.78 is 12.3. The standard InChI is InChI=1S/C14H15OPS/c1-17-16(15)14(12-8-4-2-5-9-12)13-10-6-3-7-11-13/h2-11,14,16H,1H3. The first-order valence-corrected chi connectivity index (χ1v) is 8.94. The minimum Gasteiger partial charge on any atom is -0.314 e.